The molecule has 10 heteroatoms. The van der Waals surface area contributed by atoms with Crippen molar-refractivity contribution in [2.24, 2.45) is 10.8 Å². The van der Waals surface area contributed by atoms with Gasteiger partial charge < -0.3 is 19.6 Å². The summed E-state index contributed by atoms with van der Waals surface area (Å²) in [6.45, 7) is 13.2. The molecule has 2 aliphatic rings. The highest BCUT2D eigenvalue weighted by atomic mass is 16.2. The number of carbonyl (C=O) groups excluding carboxylic acids is 4. The van der Waals surface area contributed by atoms with Crippen LogP contribution >= 0.6 is 0 Å². The minimum Gasteiger partial charge on any atom is -0.313 e. The fourth-order valence-corrected chi connectivity index (χ4v) is 6.52. The molecule has 0 saturated heterocycles. The minimum absolute atomic E-state index is 0.212. The zero-order chi connectivity index (χ0) is 33.6. The number of anilines is 4. The second-order valence-corrected chi connectivity index (χ2v) is 13.2. The van der Waals surface area contributed by atoms with Crippen LogP contribution in [0.2, 0.25) is 0 Å². The van der Waals surface area contributed by atoms with Crippen LogP contribution in [0, 0.1) is 10.8 Å². The van der Waals surface area contributed by atoms with Crippen molar-refractivity contribution < 1.29 is 19.2 Å². The van der Waals surface area contributed by atoms with Crippen molar-refractivity contribution in [3.8, 4) is 0 Å². The number of amides is 4. The standard InChI is InChI=1S/C36H44N6O4/c1-9-41-27-13-11-25(19-29(27)38(7)31(43)35(3,4)33(41)45)22-40(21-24-15-17-37-18-16-24)23-26-12-14-28-30(20-26)39(8)32(44)36(5,6)34(46)42(28)10-2/h11-20H,9-10,21-23H2,1-8H3. The van der Waals surface area contributed by atoms with Crippen LogP contribution in [0.25, 0.3) is 0 Å². The van der Waals surface area contributed by atoms with Crippen LogP contribution in [0.4, 0.5) is 22.7 Å². The topological polar surface area (TPSA) is 97.4 Å². The summed E-state index contributed by atoms with van der Waals surface area (Å²) in [5.74, 6) is -0.911. The Morgan fingerprint density at radius 3 is 1.35 bits per heavy atom. The van der Waals surface area contributed by atoms with E-state index in [-0.39, 0.29) is 23.6 Å². The number of nitrogens with zero attached hydrogens (tertiary/aromatic N) is 6. The van der Waals surface area contributed by atoms with E-state index in [1.54, 1.807) is 73.8 Å². The summed E-state index contributed by atoms with van der Waals surface area (Å²) < 4.78 is 0. The lowest BCUT2D eigenvalue weighted by Gasteiger charge is -2.27. The van der Waals surface area contributed by atoms with Crippen molar-refractivity contribution in [1.82, 2.24) is 9.88 Å². The predicted octanol–water partition coefficient (Wildman–Crippen LogP) is 5.00. The Balaban J connectivity index is 1.51. The Morgan fingerprint density at radius 1 is 0.565 bits per heavy atom. The van der Waals surface area contributed by atoms with Crippen molar-refractivity contribution in [1.29, 1.82) is 0 Å². The van der Waals surface area contributed by atoms with Gasteiger partial charge in [0.1, 0.15) is 10.8 Å². The van der Waals surface area contributed by atoms with E-state index in [0.29, 0.717) is 44.1 Å². The smallest absolute Gasteiger partial charge is 0.242 e. The SMILES string of the molecule is CCN1C(=O)C(C)(C)C(=O)N(C)c2cc(CN(Cc3ccncc3)Cc3ccc4c(c3)N(C)C(=O)C(C)(C)C(=O)N4CC)ccc21. The molecule has 0 bridgehead atoms. The molecule has 46 heavy (non-hydrogen) atoms. The van der Waals surface area contributed by atoms with E-state index in [9.17, 15) is 19.2 Å². The van der Waals surface area contributed by atoms with E-state index >= 15 is 0 Å². The van der Waals surface area contributed by atoms with Gasteiger partial charge in [-0.3, -0.25) is 29.1 Å². The van der Waals surface area contributed by atoms with Gasteiger partial charge in [-0.2, -0.15) is 0 Å². The second kappa shape index (κ2) is 12.3. The quantitative estimate of drug-likeness (QED) is 0.328. The van der Waals surface area contributed by atoms with E-state index in [4.69, 9.17) is 0 Å². The number of aromatic nitrogens is 1. The first-order valence-electron chi connectivity index (χ1n) is 15.8. The first-order valence-corrected chi connectivity index (χ1v) is 15.8. The Hall–Kier alpha value is -4.57. The highest BCUT2D eigenvalue weighted by Crippen LogP contribution is 2.40. The van der Waals surface area contributed by atoms with E-state index in [1.807, 2.05) is 62.4 Å². The molecule has 1 aromatic heterocycles. The van der Waals surface area contributed by atoms with Gasteiger partial charge in [0.25, 0.3) is 0 Å². The average molecular weight is 625 g/mol. The van der Waals surface area contributed by atoms with E-state index in [1.165, 1.54) is 0 Å². The van der Waals surface area contributed by atoms with Crippen molar-refractivity contribution in [3.05, 3.63) is 77.6 Å². The van der Waals surface area contributed by atoms with Gasteiger partial charge in [0, 0.05) is 59.2 Å². The molecule has 3 heterocycles. The molecule has 242 valence electrons. The van der Waals surface area contributed by atoms with Crippen LogP contribution in [0.1, 0.15) is 58.2 Å². The highest BCUT2D eigenvalue weighted by molar-refractivity contribution is 6.20. The van der Waals surface area contributed by atoms with Gasteiger partial charge in [-0.1, -0.05) is 12.1 Å². The molecule has 0 radical (unpaired) electrons. The molecule has 2 aromatic carbocycles. The lowest BCUT2D eigenvalue weighted by atomic mass is 9.90. The molecule has 5 rings (SSSR count). The van der Waals surface area contributed by atoms with E-state index in [0.717, 1.165) is 28.1 Å². The van der Waals surface area contributed by atoms with Crippen LogP contribution in [0.3, 0.4) is 0 Å². The zero-order valence-corrected chi connectivity index (χ0v) is 28.1. The Kier molecular flexibility index (Phi) is 8.79. The molecule has 0 atom stereocenters. The van der Waals surface area contributed by atoms with Crippen LogP contribution in [0.5, 0.6) is 0 Å². The molecular weight excluding hydrogens is 580 g/mol. The molecule has 2 aliphatic heterocycles. The van der Waals surface area contributed by atoms with Crippen LogP contribution in [0.15, 0.2) is 60.9 Å². The second-order valence-electron chi connectivity index (χ2n) is 13.2. The number of pyridine rings is 1. The van der Waals surface area contributed by atoms with Gasteiger partial charge in [0.15, 0.2) is 0 Å². The first kappa shape index (κ1) is 32.8. The lowest BCUT2D eigenvalue weighted by Crippen LogP contribution is -2.47. The fraction of sp³-hybridized carbons (Fsp3) is 0.417. The van der Waals surface area contributed by atoms with Crippen LogP contribution in [-0.4, -0.2) is 60.7 Å². The first-order chi connectivity index (χ1) is 21.7. The molecular formula is C36H44N6O4. The minimum atomic E-state index is -1.18. The molecule has 0 N–H and O–H groups in total. The van der Waals surface area contributed by atoms with Gasteiger partial charge in [-0.05, 0) is 94.6 Å². The van der Waals surface area contributed by atoms with Gasteiger partial charge in [0.05, 0.1) is 22.7 Å². The predicted molar refractivity (Wildman–Crippen MR) is 181 cm³/mol. The zero-order valence-electron chi connectivity index (χ0n) is 28.1. The largest absolute Gasteiger partial charge is 0.313 e. The molecule has 0 fully saturated rings. The summed E-state index contributed by atoms with van der Waals surface area (Å²) in [6, 6.07) is 15.9. The summed E-state index contributed by atoms with van der Waals surface area (Å²) in [5, 5.41) is 0. The maximum absolute atomic E-state index is 13.4. The molecule has 4 amide bonds. The number of carbonyl (C=O) groups is 4. The van der Waals surface area contributed by atoms with Gasteiger partial charge >= 0.3 is 0 Å². The van der Waals surface area contributed by atoms with Gasteiger partial charge in [-0.25, -0.2) is 0 Å². The van der Waals surface area contributed by atoms with Gasteiger partial charge in [-0.15, -0.1) is 0 Å². The maximum atomic E-state index is 13.4. The molecule has 0 saturated carbocycles. The lowest BCUT2D eigenvalue weighted by molar-refractivity contribution is -0.139. The highest BCUT2D eigenvalue weighted by Gasteiger charge is 2.46. The molecule has 10 nitrogen and oxygen atoms in total. The third kappa shape index (κ3) is 5.66. The Labute approximate surface area is 271 Å². The molecule has 0 spiro atoms. The fourth-order valence-electron chi connectivity index (χ4n) is 6.52. The normalized spacial score (nSPS) is 17.7. The Bertz CT molecular complexity index is 1580. The summed E-state index contributed by atoms with van der Waals surface area (Å²) in [4.78, 5) is 66.6. The van der Waals surface area contributed by atoms with Crippen molar-refractivity contribution in [2.45, 2.75) is 61.2 Å². The number of rotatable bonds is 8. The summed E-state index contributed by atoms with van der Waals surface area (Å²) in [7, 11) is 3.46. The summed E-state index contributed by atoms with van der Waals surface area (Å²) in [6.07, 6.45) is 3.55. The maximum Gasteiger partial charge on any atom is 0.242 e. The third-order valence-corrected chi connectivity index (χ3v) is 9.22. The number of hydrogen-bond donors (Lipinski definition) is 0. The third-order valence-electron chi connectivity index (χ3n) is 9.22. The summed E-state index contributed by atoms with van der Waals surface area (Å²) in [5.41, 5.74) is 3.55. The Morgan fingerprint density at radius 2 is 0.957 bits per heavy atom. The monoisotopic (exact) mass is 624 g/mol. The number of hydrogen-bond acceptors (Lipinski definition) is 6. The molecule has 0 unspecified atom stereocenters. The van der Waals surface area contributed by atoms with E-state index in [2.05, 4.69) is 9.88 Å². The average Bonchev–Trinajstić information content (AvgIpc) is 3.12. The van der Waals surface area contributed by atoms with Crippen molar-refractivity contribution >= 4 is 46.4 Å². The molecule has 0 aliphatic carbocycles. The summed E-state index contributed by atoms with van der Waals surface area (Å²) >= 11 is 0. The van der Waals surface area contributed by atoms with Crippen molar-refractivity contribution in [2.75, 3.05) is 46.8 Å². The molecule has 3 aromatic rings. The van der Waals surface area contributed by atoms with Gasteiger partial charge in [0.2, 0.25) is 23.6 Å². The van der Waals surface area contributed by atoms with E-state index < -0.39 is 10.8 Å². The number of benzene rings is 2. The van der Waals surface area contributed by atoms with Crippen LogP contribution < -0.4 is 19.6 Å². The van der Waals surface area contributed by atoms with Crippen molar-refractivity contribution in [3.63, 3.8) is 0 Å². The van der Waals surface area contributed by atoms with Crippen LogP contribution in [-0.2, 0) is 38.8 Å². The number of fused-ring (bicyclic) bond motifs is 2.